The molecular weight excluding hydrogens is 318 g/mol. The third kappa shape index (κ3) is 18.5. The molecule has 0 fully saturated rings. The molecule has 0 bridgehead atoms. The number of amides is 2. The Morgan fingerprint density at radius 1 is 0.875 bits per heavy atom. The van der Waals surface area contributed by atoms with Gasteiger partial charge in [-0.2, -0.15) is 5.10 Å². The molecule has 2 N–H and O–H groups in total. The van der Waals surface area contributed by atoms with E-state index in [9.17, 15) is 9.59 Å². The van der Waals surface area contributed by atoms with Crippen LogP contribution in [0.1, 0.15) is 20.3 Å². The Morgan fingerprint density at radius 3 is 1.88 bits per heavy atom. The van der Waals surface area contributed by atoms with Crippen LogP contribution < -0.4 is 10.7 Å². The molecule has 0 radical (unpaired) electrons. The number of nitrogens with one attached hydrogen (secondary N) is 2. The van der Waals surface area contributed by atoms with E-state index < -0.39 is 0 Å². The van der Waals surface area contributed by atoms with Gasteiger partial charge >= 0.3 is 0 Å². The molecule has 0 aromatic heterocycles. The third-order valence-electron chi connectivity index (χ3n) is 2.53. The van der Waals surface area contributed by atoms with E-state index in [-0.39, 0.29) is 18.2 Å². The van der Waals surface area contributed by atoms with Gasteiger partial charge in [0.1, 0.15) is 0 Å². The molecule has 0 saturated carbocycles. The highest BCUT2D eigenvalue weighted by Gasteiger charge is 1.99. The molecule has 0 unspecified atom stereocenters. The molecule has 24 heavy (non-hydrogen) atoms. The van der Waals surface area contributed by atoms with Crippen LogP contribution in [0.4, 0.5) is 0 Å². The van der Waals surface area contributed by atoms with Crippen molar-refractivity contribution in [2.24, 2.45) is 5.10 Å². The van der Waals surface area contributed by atoms with Crippen molar-refractivity contribution in [3.05, 3.63) is 0 Å². The van der Waals surface area contributed by atoms with Gasteiger partial charge < -0.3 is 24.3 Å². The van der Waals surface area contributed by atoms with E-state index in [1.54, 1.807) is 6.92 Å². The van der Waals surface area contributed by atoms with Gasteiger partial charge in [0.15, 0.2) is 0 Å². The predicted molar refractivity (Wildman–Crippen MR) is 88.9 cm³/mol. The maximum Gasteiger partial charge on any atom is 0.242 e. The fourth-order valence-corrected chi connectivity index (χ4v) is 1.42. The minimum Gasteiger partial charge on any atom is -0.379 e. The van der Waals surface area contributed by atoms with E-state index in [2.05, 4.69) is 15.8 Å². The lowest BCUT2D eigenvalue weighted by molar-refractivity contribution is -0.122. The normalized spacial score (nSPS) is 10.9. The van der Waals surface area contributed by atoms with Crippen LogP contribution in [0.25, 0.3) is 0 Å². The number of hydrazone groups is 1. The van der Waals surface area contributed by atoms with E-state index >= 15 is 0 Å². The van der Waals surface area contributed by atoms with Crippen molar-refractivity contribution in [2.75, 3.05) is 59.4 Å². The van der Waals surface area contributed by atoms with Gasteiger partial charge in [-0.1, -0.05) is 0 Å². The van der Waals surface area contributed by atoms with Crippen LogP contribution in [0, 0.1) is 0 Å². The van der Waals surface area contributed by atoms with E-state index in [1.165, 1.54) is 13.1 Å². The van der Waals surface area contributed by atoms with Crippen LogP contribution in [0.2, 0.25) is 0 Å². The SMILES string of the molecule is C/C=N\NC(=O)CCOCCOCCOCCOCCNC(C)=O. The summed E-state index contributed by atoms with van der Waals surface area (Å²) < 4.78 is 21.1. The van der Waals surface area contributed by atoms with Gasteiger partial charge in [0.25, 0.3) is 0 Å². The van der Waals surface area contributed by atoms with Crippen LogP contribution in [-0.4, -0.2) is 77.4 Å². The molecule has 0 heterocycles. The summed E-state index contributed by atoms with van der Waals surface area (Å²) in [5.74, 6) is -0.244. The number of carbonyl (C=O) groups excluding carboxylic acids is 2. The summed E-state index contributed by atoms with van der Waals surface area (Å²) in [5, 5.41) is 6.25. The minimum atomic E-state index is -0.179. The average molecular weight is 347 g/mol. The van der Waals surface area contributed by atoms with Crippen molar-refractivity contribution in [1.29, 1.82) is 0 Å². The lowest BCUT2D eigenvalue weighted by Crippen LogP contribution is -2.25. The van der Waals surface area contributed by atoms with Crippen molar-refractivity contribution in [1.82, 2.24) is 10.7 Å². The van der Waals surface area contributed by atoms with Gasteiger partial charge in [-0.25, -0.2) is 5.43 Å². The molecule has 0 aromatic rings. The molecule has 2 amide bonds. The summed E-state index contributed by atoms with van der Waals surface area (Å²) in [6.07, 6.45) is 1.77. The van der Waals surface area contributed by atoms with Crippen molar-refractivity contribution >= 4 is 18.0 Å². The van der Waals surface area contributed by atoms with Crippen LogP contribution in [-0.2, 0) is 28.5 Å². The fraction of sp³-hybridized carbons (Fsp3) is 0.800. The molecular formula is C15H29N3O6. The van der Waals surface area contributed by atoms with Crippen molar-refractivity contribution < 1.29 is 28.5 Å². The lowest BCUT2D eigenvalue weighted by atomic mass is 10.4. The van der Waals surface area contributed by atoms with Crippen LogP contribution in [0.3, 0.4) is 0 Å². The molecule has 0 aromatic carbocycles. The number of rotatable bonds is 16. The third-order valence-corrected chi connectivity index (χ3v) is 2.53. The van der Waals surface area contributed by atoms with Crippen LogP contribution in [0.5, 0.6) is 0 Å². The number of hydrogen-bond donors (Lipinski definition) is 2. The highest BCUT2D eigenvalue weighted by molar-refractivity contribution is 5.76. The fourth-order valence-electron chi connectivity index (χ4n) is 1.42. The second-order valence-electron chi connectivity index (χ2n) is 4.60. The molecule has 0 aliphatic heterocycles. The van der Waals surface area contributed by atoms with E-state index in [0.29, 0.717) is 59.4 Å². The number of carbonyl (C=O) groups is 2. The Bertz CT molecular complexity index is 352. The highest BCUT2D eigenvalue weighted by Crippen LogP contribution is 1.86. The van der Waals surface area contributed by atoms with Gasteiger partial charge in [-0.05, 0) is 6.92 Å². The summed E-state index contributed by atoms with van der Waals surface area (Å²) in [5.41, 5.74) is 2.36. The van der Waals surface area contributed by atoms with Gasteiger partial charge in [0.2, 0.25) is 11.8 Å². The first-order valence-electron chi connectivity index (χ1n) is 7.98. The summed E-state index contributed by atoms with van der Waals surface area (Å²) in [7, 11) is 0. The Hall–Kier alpha value is -1.55. The van der Waals surface area contributed by atoms with Crippen LogP contribution >= 0.6 is 0 Å². The maximum absolute atomic E-state index is 11.2. The lowest BCUT2D eigenvalue weighted by Gasteiger charge is -2.07. The summed E-state index contributed by atoms with van der Waals surface area (Å²) >= 11 is 0. The molecule has 0 spiro atoms. The number of nitrogens with zero attached hydrogens (tertiary/aromatic N) is 1. The first-order valence-corrected chi connectivity index (χ1v) is 7.98. The monoisotopic (exact) mass is 347 g/mol. The zero-order chi connectivity index (χ0) is 17.9. The molecule has 0 aliphatic rings. The second-order valence-corrected chi connectivity index (χ2v) is 4.60. The van der Waals surface area contributed by atoms with Gasteiger partial charge in [-0.15, -0.1) is 0 Å². The van der Waals surface area contributed by atoms with E-state index in [0.717, 1.165) is 0 Å². The first kappa shape index (κ1) is 22.4. The average Bonchev–Trinajstić information content (AvgIpc) is 2.56. The largest absolute Gasteiger partial charge is 0.379 e. The highest BCUT2D eigenvalue weighted by atomic mass is 16.6. The zero-order valence-corrected chi connectivity index (χ0v) is 14.5. The molecule has 0 rings (SSSR count). The van der Waals surface area contributed by atoms with Crippen molar-refractivity contribution in [3.63, 3.8) is 0 Å². The van der Waals surface area contributed by atoms with Gasteiger partial charge in [0.05, 0.1) is 59.3 Å². The zero-order valence-electron chi connectivity index (χ0n) is 14.5. The first-order chi connectivity index (χ1) is 11.7. The smallest absolute Gasteiger partial charge is 0.242 e. The summed E-state index contributed by atoms with van der Waals surface area (Å²) in [4.78, 5) is 21.8. The van der Waals surface area contributed by atoms with Gasteiger partial charge in [0, 0.05) is 19.7 Å². The second kappa shape index (κ2) is 17.8. The Morgan fingerprint density at radius 2 is 1.38 bits per heavy atom. The molecule has 0 aliphatic carbocycles. The number of ether oxygens (including phenoxy) is 4. The molecule has 140 valence electrons. The molecule has 9 heteroatoms. The summed E-state index contributed by atoms with van der Waals surface area (Å²) in [6.45, 7) is 7.29. The standard InChI is InChI=1S/C15H29N3O6/c1-3-17-18-15(20)4-6-21-8-10-23-12-13-24-11-9-22-7-5-16-14(2)19/h3H,4-13H2,1-2H3,(H,16,19)(H,18,20)/b17-3-. The molecule has 0 saturated heterocycles. The van der Waals surface area contributed by atoms with E-state index in [4.69, 9.17) is 18.9 Å². The molecule has 9 nitrogen and oxygen atoms in total. The van der Waals surface area contributed by atoms with Crippen molar-refractivity contribution in [2.45, 2.75) is 20.3 Å². The number of hydrogen-bond acceptors (Lipinski definition) is 7. The Balaban J connectivity index is 3.10. The predicted octanol–water partition coefficient (Wildman–Crippen LogP) is -0.299. The van der Waals surface area contributed by atoms with Gasteiger partial charge in [-0.3, -0.25) is 9.59 Å². The minimum absolute atomic E-state index is 0.0649. The van der Waals surface area contributed by atoms with E-state index in [1.807, 2.05) is 0 Å². The topological polar surface area (TPSA) is 107 Å². The Kier molecular flexibility index (Phi) is 16.6. The summed E-state index contributed by atoms with van der Waals surface area (Å²) in [6, 6.07) is 0. The van der Waals surface area contributed by atoms with Crippen molar-refractivity contribution in [3.8, 4) is 0 Å². The molecule has 0 atom stereocenters. The maximum atomic E-state index is 11.2. The Labute approximate surface area is 143 Å². The quantitative estimate of drug-likeness (QED) is 0.225. The van der Waals surface area contributed by atoms with Crippen LogP contribution in [0.15, 0.2) is 5.10 Å².